The van der Waals surface area contributed by atoms with E-state index < -0.39 is 5.60 Å². The molecule has 4 nitrogen and oxygen atoms in total. The Labute approximate surface area is 146 Å². The fraction of sp³-hybridized carbons (Fsp3) is 0.450. The Bertz CT molecular complexity index is 774. The Morgan fingerprint density at radius 1 is 1.16 bits per heavy atom. The maximum absolute atomic E-state index is 14.1. The summed E-state index contributed by atoms with van der Waals surface area (Å²) in [5.74, 6) is -0.0460. The van der Waals surface area contributed by atoms with Gasteiger partial charge in [0.25, 0.3) is 5.91 Å². The van der Waals surface area contributed by atoms with Crippen LogP contribution in [0.4, 0.5) is 4.39 Å². The number of aromatic amines is 1. The summed E-state index contributed by atoms with van der Waals surface area (Å²) in [6.07, 6.45) is 7.95. The number of aromatic nitrogens is 1. The van der Waals surface area contributed by atoms with Gasteiger partial charge in [0.15, 0.2) is 0 Å². The number of halogens is 1. The third-order valence-electron chi connectivity index (χ3n) is 5.92. The Morgan fingerprint density at radius 3 is 2.52 bits per heavy atom. The first-order chi connectivity index (χ1) is 12.1. The van der Waals surface area contributed by atoms with E-state index in [4.69, 9.17) is 0 Å². The topological polar surface area (TPSA) is 56.3 Å². The summed E-state index contributed by atoms with van der Waals surface area (Å²) < 4.78 is 14.1. The molecule has 1 aliphatic heterocycles. The van der Waals surface area contributed by atoms with Gasteiger partial charge < -0.3 is 15.0 Å². The number of rotatable bonds is 3. The summed E-state index contributed by atoms with van der Waals surface area (Å²) in [5.41, 5.74) is 0.888. The molecule has 132 valence electrons. The zero-order valence-corrected chi connectivity index (χ0v) is 14.2. The number of carbonyl (C=O) groups is 1. The number of nitrogens with zero attached hydrogens (tertiary/aromatic N) is 1. The van der Waals surface area contributed by atoms with E-state index in [0.717, 1.165) is 12.8 Å². The second-order valence-electron chi connectivity index (χ2n) is 7.29. The summed E-state index contributed by atoms with van der Waals surface area (Å²) in [6, 6.07) is 6.48. The minimum Gasteiger partial charge on any atom is -0.389 e. The van der Waals surface area contributed by atoms with E-state index in [2.05, 4.69) is 4.98 Å². The third kappa shape index (κ3) is 2.86. The van der Waals surface area contributed by atoms with Gasteiger partial charge in [0.05, 0.1) is 11.2 Å². The Hall–Kier alpha value is -2.14. The number of hydrogen-bond acceptors (Lipinski definition) is 2. The summed E-state index contributed by atoms with van der Waals surface area (Å²) >= 11 is 0. The molecule has 0 unspecified atom stereocenters. The van der Waals surface area contributed by atoms with Crippen molar-refractivity contribution in [2.24, 2.45) is 5.92 Å². The van der Waals surface area contributed by atoms with E-state index in [9.17, 15) is 14.3 Å². The van der Waals surface area contributed by atoms with E-state index in [1.807, 2.05) is 0 Å². The molecule has 1 aliphatic carbocycles. The minimum atomic E-state index is -0.610. The van der Waals surface area contributed by atoms with Gasteiger partial charge in [-0.05, 0) is 37.7 Å². The number of hydrogen-bond donors (Lipinski definition) is 2. The monoisotopic (exact) mass is 342 g/mol. The maximum atomic E-state index is 14.1. The van der Waals surface area contributed by atoms with Crippen molar-refractivity contribution in [2.75, 3.05) is 13.1 Å². The zero-order chi connectivity index (χ0) is 17.4. The van der Waals surface area contributed by atoms with Gasteiger partial charge in [-0.1, -0.05) is 24.6 Å². The van der Waals surface area contributed by atoms with Gasteiger partial charge in [0.1, 0.15) is 5.82 Å². The molecule has 2 aliphatic rings. The van der Waals surface area contributed by atoms with Crippen molar-refractivity contribution in [3.63, 3.8) is 0 Å². The van der Waals surface area contributed by atoms with E-state index in [-0.39, 0.29) is 11.7 Å². The van der Waals surface area contributed by atoms with Gasteiger partial charge in [0.2, 0.25) is 0 Å². The van der Waals surface area contributed by atoms with Crippen LogP contribution in [0.2, 0.25) is 0 Å². The van der Waals surface area contributed by atoms with Gasteiger partial charge in [-0.15, -0.1) is 0 Å². The predicted molar refractivity (Wildman–Crippen MR) is 93.6 cm³/mol. The quantitative estimate of drug-likeness (QED) is 0.896. The van der Waals surface area contributed by atoms with Crippen LogP contribution in [0.1, 0.15) is 42.5 Å². The van der Waals surface area contributed by atoms with Crippen molar-refractivity contribution < 1.29 is 14.3 Å². The number of piperidine rings is 1. The summed E-state index contributed by atoms with van der Waals surface area (Å²) in [7, 11) is 0. The smallest absolute Gasteiger partial charge is 0.256 e. The lowest BCUT2D eigenvalue weighted by molar-refractivity contribution is -0.0861. The predicted octanol–water partition coefficient (Wildman–Crippen LogP) is 3.59. The van der Waals surface area contributed by atoms with Crippen LogP contribution in [0.15, 0.2) is 36.7 Å². The number of nitrogens with one attached hydrogen (secondary N) is 1. The molecule has 1 amide bonds. The van der Waals surface area contributed by atoms with E-state index in [1.54, 1.807) is 35.5 Å². The van der Waals surface area contributed by atoms with E-state index >= 15 is 0 Å². The van der Waals surface area contributed by atoms with Crippen molar-refractivity contribution in [1.29, 1.82) is 0 Å². The first-order valence-corrected chi connectivity index (χ1v) is 9.02. The lowest BCUT2D eigenvalue weighted by atomic mass is 9.69. The van der Waals surface area contributed by atoms with Gasteiger partial charge in [-0.25, -0.2) is 4.39 Å². The molecule has 2 aromatic rings. The fourth-order valence-corrected chi connectivity index (χ4v) is 4.06. The minimum absolute atomic E-state index is 0.102. The average Bonchev–Trinajstić information content (AvgIpc) is 3.03. The molecule has 2 heterocycles. The number of likely N-dealkylation sites (tertiary alicyclic amines) is 1. The average molecular weight is 342 g/mol. The van der Waals surface area contributed by atoms with Crippen molar-refractivity contribution in [1.82, 2.24) is 9.88 Å². The van der Waals surface area contributed by atoms with Crippen LogP contribution < -0.4 is 0 Å². The highest BCUT2D eigenvalue weighted by Crippen LogP contribution is 2.42. The second kappa shape index (κ2) is 6.30. The fourth-order valence-electron chi connectivity index (χ4n) is 4.06. The number of carbonyl (C=O) groups excluding carboxylic acids is 1. The largest absolute Gasteiger partial charge is 0.389 e. The van der Waals surface area contributed by atoms with Crippen molar-refractivity contribution in [2.45, 2.75) is 37.7 Å². The van der Waals surface area contributed by atoms with Crippen LogP contribution in [0.3, 0.4) is 0 Å². The molecule has 1 aromatic carbocycles. The highest BCUT2D eigenvalue weighted by atomic mass is 19.1. The van der Waals surface area contributed by atoms with Crippen LogP contribution in [0, 0.1) is 11.7 Å². The molecule has 0 radical (unpaired) electrons. The van der Waals surface area contributed by atoms with E-state index in [1.165, 1.54) is 12.5 Å². The van der Waals surface area contributed by atoms with Gasteiger partial charge >= 0.3 is 0 Å². The molecule has 2 N–H and O–H groups in total. The standard InChI is InChI=1S/C20H23FN2O2/c21-18-7-2-1-6-15(18)16-12-22-13-17(16)19(24)23-10-8-20(25,9-11-23)14-4-3-5-14/h1-2,6-7,12-14,22,25H,3-5,8-11H2. The van der Waals surface area contributed by atoms with Crippen molar-refractivity contribution in [3.8, 4) is 11.1 Å². The molecule has 25 heavy (non-hydrogen) atoms. The van der Waals surface area contributed by atoms with Crippen LogP contribution in [0.25, 0.3) is 11.1 Å². The molecule has 1 saturated heterocycles. The highest BCUT2D eigenvalue weighted by molar-refractivity contribution is 6.00. The molecule has 2 fully saturated rings. The van der Waals surface area contributed by atoms with Crippen LogP contribution in [-0.4, -0.2) is 39.6 Å². The molecular formula is C20H23FN2O2. The molecule has 1 saturated carbocycles. The number of benzene rings is 1. The van der Waals surface area contributed by atoms with Gasteiger partial charge in [-0.2, -0.15) is 0 Å². The summed E-state index contributed by atoms with van der Waals surface area (Å²) in [4.78, 5) is 17.6. The Morgan fingerprint density at radius 2 is 1.88 bits per heavy atom. The molecule has 0 spiro atoms. The lowest BCUT2D eigenvalue weighted by Crippen LogP contribution is -2.52. The van der Waals surface area contributed by atoms with Crippen LogP contribution >= 0.6 is 0 Å². The Kier molecular flexibility index (Phi) is 4.12. The van der Waals surface area contributed by atoms with Crippen molar-refractivity contribution >= 4 is 5.91 Å². The van der Waals surface area contributed by atoms with E-state index in [0.29, 0.717) is 48.5 Å². The molecule has 1 aromatic heterocycles. The third-order valence-corrected chi connectivity index (χ3v) is 5.92. The van der Waals surface area contributed by atoms with Crippen LogP contribution in [0.5, 0.6) is 0 Å². The normalized spacial score (nSPS) is 20.3. The molecule has 4 rings (SSSR count). The summed E-state index contributed by atoms with van der Waals surface area (Å²) in [5, 5.41) is 10.8. The van der Waals surface area contributed by atoms with Crippen molar-refractivity contribution in [3.05, 3.63) is 48.0 Å². The van der Waals surface area contributed by atoms with Gasteiger partial charge in [0, 0.05) is 36.6 Å². The molecule has 0 atom stereocenters. The first-order valence-electron chi connectivity index (χ1n) is 9.02. The molecular weight excluding hydrogens is 319 g/mol. The number of H-pyrrole nitrogens is 1. The first kappa shape index (κ1) is 16.3. The zero-order valence-electron chi connectivity index (χ0n) is 14.2. The molecule has 0 bridgehead atoms. The molecule has 5 heteroatoms. The maximum Gasteiger partial charge on any atom is 0.256 e. The second-order valence-corrected chi connectivity index (χ2v) is 7.29. The number of amides is 1. The van der Waals surface area contributed by atoms with Gasteiger partial charge in [-0.3, -0.25) is 4.79 Å². The highest BCUT2D eigenvalue weighted by Gasteiger charge is 2.43. The summed E-state index contributed by atoms with van der Waals surface area (Å²) in [6.45, 7) is 1.10. The lowest BCUT2D eigenvalue weighted by Gasteiger charge is -2.46. The Balaban J connectivity index is 1.51. The number of aliphatic hydroxyl groups is 1. The van der Waals surface area contributed by atoms with Crippen LogP contribution in [-0.2, 0) is 0 Å². The SMILES string of the molecule is O=C(c1c[nH]cc1-c1ccccc1F)N1CCC(O)(C2CCC2)CC1.